The van der Waals surface area contributed by atoms with Crippen LogP contribution in [-0.2, 0) is 0 Å². The van der Waals surface area contributed by atoms with Crippen molar-refractivity contribution in [2.75, 3.05) is 31.1 Å². The van der Waals surface area contributed by atoms with Crippen LogP contribution < -0.4 is 10.2 Å². The van der Waals surface area contributed by atoms with E-state index in [1.807, 2.05) is 6.20 Å². The Morgan fingerprint density at radius 2 is 2.07 bits per heavy atom. The van der Waals surface area contributed by atoms with Gasteiger partial charge in [0.2, 0.25) is 0 Å². The molecule has 4 nitrogen and oxygen atoms in total. The lowest BCUT2D eigenvalue weighted by atomic mass is 10.0. The maximum atomic E-state index is 4.37. The quantitative estimate of drug-likeness (QED) is 0.776. The lowest BCUT2D eigenvalue weighted by molar-refractivity contribution is 0.533. The molecule has 3 rings (SSSR count). The zero-order valence-electron chi connectivity index (χ0n) is 8.36. The van der Waals surface area contributed by atoms with Crippen LogP contribution in [0.2, 0.25) is 0 Å². The number of rotatable bonds is 1. The van der Waals surface area contributed by atoms with E-state index in [4.69, 9.17) is 0 Å². The summed E-state index contributed by atoms with van der Waals surface area (Å²) in [4.78, 5) is 10.8. The van der Waals surface area contributed by atoms with Crippen LogP contribution in [0.15, 0.2) is 12.5 Å². The summed E-state index contributed by atoms with van der Waals surface area (Å²) in [5, 5.41) is 3.45. The van der Waals surface area contributed by atoms with Gasteiger partial charge in [0.25, 0.3) is 0 Å². The lowest BCUT2D eigenvalue weighted by Crippen LogP contribution is -2.26. The van der Waals surface area contributed by atoms with Crippen LogP contribution in [0.5, 0.6) is 0 Å². The van der Waals surface area contributed by atoms with E-state index < -0.39 is 0 Å². The number of anilines is 1. The molecule has 5 heteroatoms. The SMILES string of the molecule is Ic1cncnc1N1C[C@H]2CNC[C@H]2C1. The molecule has 2 atom stereocenters. The predicted octanol–water partition coefficient (Wildman–Crippen LogP) is 0.737. The summed E-state index contributed by atoms with van der Waals surface area (Å²) in [6.07, 6.45) is 3.53. The van der Waals surface area contributed by atoms with Gasteiger partial charge >= 0.3 is 0 Å². The molecule has 0 amide bonds. The van der Waals surface area contributed by atoms with Gasteiger partial charge in [-0.1, -0.05) is 0 Å². The Labute approximate surface area is 103 Å². The fraction of sp³-hybridized carbons (Fsp3) is 0.600. The molecule has 2 fully saturated rings. The molecule has 0 aliphatic carbocycles. The molecule has 2 aliphatic rings. The fourth-order valence-corrected chi connectivity index (χ4v) is 3.21. The molecule has 80 valence electrons. The third-order valence-corrected chi connectivity index (χ3v) is 4.10. The van der Waals surface area contributed by atoms with Crippen molar-refractivity contribution in [3.8, 4) is 0 Å². The summed E-state index contributed by atoms with van der Waals surface area (Å²) in [6, 6.07) is 0. The van der Waals surface area contributed by atoms with Crippen molar-refractivity contribution in [3.63, 3.8) is 0 Å². The normalized spacial score (nSPS) is 29.5. The Balaban J connectivity index is 1.82. The van der Waals surface area contributed by atoms with Gasteiger partial charge in [-0.25, -0.2) is 9.97 Å². The van der Waals surface area contributed by atoms with Crippen molar-refractivity contribution < 1.29 is 0 Å². The van der Waals surface area contributed by atoms with Crippen LogP contribution in [-0.4, -0.2) is 36.1 Å². The largest absolute Gasteiger partial charge is 0.355 e. The van der Waals surface area contributed by atoms with Gasteiger partial charge < -0.3 is 10.2 Å². The number of aromatic nitrogens is 2. The van der Waals surface area contributed by atoms with Crippen molar-refractivity contribution in [3.05, 3.63) is 16.1 Å². The first-order valence-corrected chi connectivity index (χ1v) is 6.33. The average molecular weight is 316 g/mol. The molecule has 15 heavy (non-hydrogen) atoms. The number of fused-ring (bicyclic) bond motifs is 1. The highest BCUT2D eigenvalue weighted by atomic mass is 127. The van der Waals surface area contributed by atoms with Gasteiger partial charge in [-0.15, -0.1) is 0 Å². The zero-order valence-corrected chi connectivity index (χ0v) is 10.5. The minimum absolute atomic E-state index is 0.816. The van der Waals surface area contributed by atoms with Gasteiger partial charge in [-0.05, 0) is 34.4 Å². The third kappa shape index (κ3) is 1.71. The third-order valence-electron chi connectivity index (χ3n) is 3.34. The molecule has 0 unspecified atom stereocenters. The van der Waals surface area contributed by atoms with E-state index in [1.165, 1.54) is 13.1 Å². The summed E-state index contributed by atoms with van der Waals surface area (Å²) in [6.45, 7) is 4.63. The second kappa shape index (κ2) is 3.86. The first-order chi connectivity index (χ1) is 7.34. The predicted molar refractivity (Wildman–Crippen MR) is 66.8 cm³/mol. The monoisotopic (exact) mass is 316 g/mol. The Morgan fingerprint density at radius 3 is 2.73 bits per heavy atom. The second-order valence-corrected chi connectivity index (χ2v) is 5.44. The van der Waals surface area contributed by atoms with Crippen LogP contribution in [0.1, 0.15) is 0 Å². The molecule has 0 bridgehead atoms. The van der Waals surface area contributed by atoms with Crippen molar-refractivity contribution in [2.45, 2.75) is 0 Å². The summed E-state index contributed by atoms with van der Waals surface area (Å²) >= 11 is 2.31. The van der Waals surface area contributed by atoms with Gasteiger partial charge in [-0.3, -0.25) is 0 Å². The average Bonchev–Trinajstić information content (AvgIpc) is 2.77. The molecule has 1 aromatic rings. The molecule has 2 saturated heterocycles. The highest BCUT2D eigenvalue weighted by Gasteiger charge is 2.36. The van der Waals surface area contributed by atoms with E-state index in [0.29, 0.717) is 0 Å². The molecule has 0 radical (unpaired) electrons. The standard InChI is InChI=1S/C10H13IN4/c11-9-3-13-6-14-10(9)15-4-7-1-12-2-8(7)5-15/h3,6-8,12H,1-2,4-5H2/t7-,8+. The van der Waals surface area contributed by atoms with Crippen molar-refractivity contribution in [1.29, 1.82) is 0 Å². The van der Waals surface area contributed by atoms with Crippen LogP contribution >= 0.6 is 22.6 Å². The van der Waals surface area contributed by atoms with Crippen molar-refractivity contribution in [2.24, 2.45) is 11.8 Å². The molecule has 0 spiro atoms. The van der Waals surface area contributed by atoms with E-state index in [2.05, 4.69) is 42.8 Å². The topological polar surface area (TPSA) is 41.1 Å². The second-order valence-electron chi connectivity index (χ2n) is 4.28. The van der Waals surface area contributed by atoms with Crippen LogP contribution in [0.3, 0.4) is 0 Å². The summed E-state index contributed by atoms with van der Waals surface area (Å²) in [5.74, 6) is 2.74. The number of nitrogens with zero attached hydrogens (tertiary/aromatic N) is 3. The fourth-order valence-electron chi connectivity index (χ4n) is 2.57. The molecular formula is C10H13IN4. The highest BCUT2D eigenvalue weighted by molar-refractivity contribution is 14.1. The molecular weight excluding hydrogens is 303 g/mol. The first-order valence-electron chi connectivity index (χ1n) is 5.26. The molecule has 1 N–H and O–H groups in total. The number of halogens is 1. The molecule has 0 saturated carbocycles. The van der Waals surface area contributed by atoms with E-state index >= 15 is 0 Å². The molecule has 2 aliphatic heterocycles. The molecule has 0 aromatic carbocycles. The molecule has 3 heterocycles. The van der Waals surface area contributed by atoms with Gasteiger partial charge in [0.1, 0.15) is 12.1 Å². The molecule has 1 aromatic heterocycles. The minimum atomic E-state index is 0.816. The Bertz CT molecular complexity index is 358. The maximum Gasteiger partial charge on any atom is 0.145 e. The summed E-state index contributed by atoms with van der Waals surface area (Å²) < 4.78 is 1.16. The van der Waals surface area contributed by atoms with Crippen LogP contribution in [0.25, 0.3) is 0 Å². The summed E-state index contributed by atoms with van der Waals surface area (Å²) in [5.41, 5.74) is 0. The van der Waals surface area contributed by atoms with E-state index in [1.54, 1.807) is 6.33 Å². The lowest BCUT2D eigenvalue weighted by Gasteiger charge is -2.19. The Morgan fingerprint density at radius 1 is 1.33 bits per heavy atom. The number of nitrogens with one attached hydrogen (secondary N) is 1. The van der Waals surface area contributed by atoms with Crippen molar-refractivity contribution in [1.82, 2.24) is 15.3 Å². The summed E-state index contributed by atoms with van der Waals surface area (Å²) in [7, 11) is 0. The smallest absolute Gasteiger partial charge is 0.145 e. The van der Waals surface area contributed by atoms with E-state index in [-0.39, 0.29) is 0 Å². The maximum absolute atomic E-state index is 4.37. The van der Waals surface area contributed by atoms with E-state index in [0.717, 1.165) is 34.3 Å². The van der Waals surface area contributed by atoms with Gasteiger partial charge in [0.15, 0.2) is 0 Å². The highest BCUT2D eigenvalue weighted by Crippen LogP contribution is 2.30. The van der Waals surface area contributed by atoms with Gasteiger partial charge in [-0.2, -0.15) is 0 Å². The first kappa shape index (κ1) is 9.77. The van der Waals surface area contributed by atoms with Crippen LogP contribution in [0.4, 0.5) is 5.82 Å². The van der Waals surface area contributed by atoms with Gasteiger partial charge in [0, 0.05) is 32.4 Å². The minimum Gasteiger partial charge on any atom is -0.355 e. The zero-order chi connectivity index (χ0) is 10.3. The van der Waals surface area contributed by atoms with Crippen molar-refractivity contribution >= 4 is 28.4 Å². The van der Waals surface area contributed by atoms with Gasteiger partial charge in [0.05, 0.1) is 3.57 Å². The number of hydrogen-bond acceptors (Lipinski definition) is 4. The Hall–Kier alpha value is -0.430. The Kier molecular flexibility index (Phi) is 2.51. The number of hydrogen-bond donors (Lipinski definition) is 1. The van der Waals surface area contributed by atoms with E-state index in [9.17, 15) is 0 Å². The van der Waals surface area contributed by atoms with Crippen LogP contribution in [0, 0.1) is 15.4 Å².